The third-order valence-corrected chi connectivity index (χ3v) is 3.56. The number of amides is 1. The number of hydrogen-bond acceptors (Lipinski definition) is 5. The fraction of sp³-hybridized carbons (Fsp3) is 0.750. The van der Waals surface area contributed by atoms with Gasteiger partial charge in [-0.3, -0.25) is 4.79 Å². The van der Waals surface area contributed by atoms with Gasteiger partial charge in [-0.2, -0.15) is 4.98 Å². The van der Waals surface area contributed by atoms with Gasteiger partial charge >= 0.3 is 0 Å². The molecule has 0 unspecified atom stereocenters. The number of nitrogens with zero attached hydrogens (tertiary/aromatic N) is 2. The summed E-state index contributed by atoms with van der Waals surface area (Å²) in [7, 11) is 0. The Morgan fingerprint density at radius 2 is 2.22 bits per heavy atom. The van der Waals surface area contributed by atoms with Gasteiger partial charge in [0.1, 0.15) is 0 Å². The first kappa shape index (κ1) is 13.0. The molecule has 0 radical (unpaired) electrons. The molecule has 0 spiro atoms. The van der Waals surface area contributed by atoms with Crippen molar-refractivity contribution in [1.29, 1.82) is 0 Å². The lowest BCUT2D eigenvalue weighted by Gasteiger charge is -2.32. The van der Waals surface area contributed by atoms with E-state index in [1.54, 1.807) is 0 Å². The van der Waals surface area contributed by atoms with Crippen molar-refractivity contribution in [2.24, 2.45) is 11.7 Å². The van der Waals surface area contributed by atoms with Crippen LogP contribution < -0.4 is 11.1 Å². The Labute approximate surface area is 106 Å². The molecule has 0 atom stereocenters. The highest BCUT2D eigenvalue weighted by molar-refractivity contribution is 5.90. The zero-order chi connectivity index (χ0) is 13.2. The minimum absolute atomic E-state index is 0.0651. The van der Waals surface area contributed by atoms with E-state index < -0.39 is 5.54 Å². The van der Waals surface area contributed by atoms with Crippen molar-refractivity contribution in [3.63, 3.8) is 0 Å². The molecule has 0 aliphatic heterocycles. The van der Waals surface area contributed by atoms with Crippen LogP contribution in [0.2, 0.25) is 0 Å². The van der Waals surface area contributed by atoms with Crippen LogP contribution in [0, 0.1) is 5.92 Å². The summed E-state index contributed by atoms with van der Waals surface area (Å²) in [5.41, 5.74) is 5.74. The van der Waals surface area contributed by atoms with Crippen LogP contribution in [-0.4, -0.2) is 22.6 Å². The number of hydrogen-bond donors (Lipinski definition) is 2. The maximum atomic E-state index is 11.6. The molecule has 1 aromatic heterocycles. The minimum atomic E-state index is -0.565. The molecule has 6 nitrogen and oxygen atoms in total. The zero-order valence-corrected chi connectivity index (χ0v) is 10.9. The topological polar surface area (TPSA) is 94.0 Å². The van der Waals surface area contributed by atoms with Crippen molar-refractivity contribution < 1.29 is 9.32 Å². The van der Waals surface area contributed by atoms with Crippen molar-refractivity contribution in [3.05, 3.63) is 11.7 Å². The molecule has 6 heteroatoms. The highest BCUT2D eigenvalue weighted by atomic mass is 16.5. The van der Waals surface area contributed by atoms with Gasteiger partial charge < -0.3 is 15.6 Å². The predicted molar refractivity (Wildman–Crippen MR) is 65.8 cm³/mol. The van der Waals surface area contributed by atoms with Crippen LogP contribution in [0.1, 0.15) is 56.0 Å². The lowest BCUT2D eigenvalue weighted by atomic mass is 9.78. The van der Waals surface area contributed by atoms with Gasteiger partial charge in [0, 0.05) is 6.54 Å². The average molecular weight is 252 g/mol. The molecule has 18 heavy (non-hydrogen) atoms. The molecule has 0 saturated heterocycles. The number of nitrogens with one attached hydrogen (secondary N) is 1. The maximum absolute atomic E-state index is 11.6. The van der Waals surface area contributed by atoms with Crippen molar-refractivity contribution in [2.45, 2.75) is 45.1 Å². The molecule has 2 rings (SSSR count). The van der Waals surface area contributed by atoms with Crippen LogP contribution in [0.5, 0.6) is 0 Å². The molecular weight excluding hydrogens is 232 g/mol. The van der Waals surface area contributed by atoms with Gasteiger partial charge in [0.25, 0.3) is 11.7 Å². The van der Waals surface area contributed by atoms with E-state index in [1.807, 2.05) is 6.92 Å². The molecule has 1 aliphatic rings. The second-order valence-corrected chi connectivity index (χ2v) is 5.12. The minimum Gasteiger partial charge on any atom is -0.349 e. The number of carbonyl (C=O) groups excluding carboxylic acids is 1. The van der Waals surface area contributed by atoms with E-state index >= 15 is 0 Å². The Bertz CT molecular complexity index is 421. The predicted octanol–water partition coefficient (Wildman–Crippen LogP) is 1.18. The molecule has 1 aromatic rings. The van der Waals surface area contributed by atoms with Crippen molar-refractivity contribution >= 4 is 5.91 Å². The number of carbonyl (C=O) groups is 1. The molecule has 1 amide bonds. The largest absolute Gasteiger partial charge is 0.349 e. The van der Waals surface area contributed by atoms with E-state index in [-0.39, 0.29) is 11.7 Å². The van der Waals surface area contributed by atoms with Gasteiger partial charge in [0.15, 0.2) is 0 Å². The summed E-state index contributed by atoms with van der Waals surface area (Å²) in [6.07, 6.45) is 3.75. The summed E-state index contributed by atoms with van der Waals surface area (Å²) in [5.74, 6) is 0.818. The molecule has 1 heterocycles. The molecule has 1 fully saturated rings. The van der Waals surface area contributed by atoms with Gasteiger partial charge in [-0.05, 0) is 38.5 Å². The molecule has 0 bridgehead atoms. The fourth-order valence-corrected chi connectivity index (χ4v) is 2.25. The Kier molecular flexibility index (Phi) is 3.65. The smallest absolute Gasteiger partial charge is 0.292 e. The number of nitrogens with two attached hydrogens (primary N) is 1. The first-order valence-corrected chi connectivity index (χ1v) is 6.46. The van der Waals surface area contributed by atoms with Gasteiger partial charge in [0.05, 0.1) is 5.54 Å². The fourth-order valence-electron chi connectivity index (χ4n) is 2.25. The molecule has 0 aromatic carbocycles. The highest BCUT2D eigenvalue weighted by Crippen LogP contribution is 2.36. The molecular formula is C12H20N4O2. The van der Waals surface area contributed by atoms with Gasteiger partial charge in [-0.15, -0.1) is 0 Å². The van der Waals surface area contributed by atoms with Crippen LogP contribution in [-0.2, 0) is 5.54 Å². The summed E-state index contributed by atoms with van der Waals surface area (Å²) in [4.78, 5) is 15.7. The van der Waals surface area contributed by atoms with Crippen molar-refractivity contribution in [3.8, 4) is 0 Å². The van der Waals surface area contributed by atoms with Gasteiger partial charge in [-0.1, -0.05) is 12.1 Å². The second kappa shape index (κ2) is 5.06. The highest BCUT2D eigenvalue weighted by Gasteiger charge is 2.37. The summed E-state index contributed by atoms with van der Waals surface area (Å²) in [5, 5.41) is 6.33. The molecule has 1 saturated carbocycles. The Balaban J connectivity index is 2.12. The summed E-state index contributed by atoms with van der Waals surface area (Å²) in [6.45, 7) is 4.59. The summed E-state index contributed by atoms with van der Waals surface area (Å²) < 4.78 is 5.16. The first-order chi connectivity index (χ1) is 8.55. The van der Waals surface area contributed by atoms with Crippen LogP contribution in [0.4, 0.5) is 0 Å². The van der Waals surface area contributed by atoms with E-state index in [9.17, 15) is 4.79 Å². The lowest BCUT2D eigenvalue weighted by molar-refractivity contribution is 0.0942. The first-order valence-electron chi connectivity index (χ1n) is 6.46. The summed E-state index contributed by atoms with van der Waals surface area (Å²) in [6, 6.07) is 0. The van der Waals surface area contributed by atoms with Crippen LogP contribution >= 0.6 is 0 Å². The summed E-state index contributed by atoms with van der Waals surface area (Å²) >= 11 is 0. The van der Waals surface area contributed by atoms with E-state index in [0.29, 0.717) is 18.4 Å². The van der Waals surface area contributed by atoms with E-state index in [2.05, 4.69) is 22.4 Å². The Morgan fingerprint density at radius 1 is 1.56 bits per heavy atom. The van der Waals surface area contributed by atoms with E-state index in [4.69, 9.17) is 10.3 Å². The third kappa shape index (κ3) is 2.53. The van der Waals surface area contributed by atoms with E-state index in [1.165, 1.54) is 0 Å². The molecule has 100 valence electrons. The third-order valence-electron chi connectivity index (χ3n) is 3.56. The van der Waals surface area contributed by atoms with Crippen molar-refractivity contribution in [2.75, 3.05) is 6.54 Å². The average Bonchev–Trinajstić information content (AvgIpc) is 2.84. The normalized spacial score (nSPS) is 28.1. The standard InChI is InChI=1S/C12H20N4O2/c1-3-14-10(17)9-15-11(18-16-9)12(13)6-4-8(2)5-7-12/h8H,3-7,13H2,1-2H3,(H,14,17). The number of rotatable bonds is 3. The maximum Gasteiger partial charge on any atom is 0.292 e. The van der Waals surface area contributed by atoms with Crippen molar-refractivity contribution in [1.82, 2.24) is 15.5 Å². The monoisotopic (exact) mass is 252 g/mol. The second-order valence-electron chi connectivity index (χ2n) is 5.12. The van der Waals surface area contributed by atoms with E-state index in [0.717, 1.165) is 25.7 Å². The van der Waals surface area contributed by atoms with Gasteiger partial charge in [-0.25, -0.2) is 0 Å². The molecule has 1 aliphatic carbocycles. The quantitative estimate of drug-likeness (QED) is 0.842. The number of aromatic nitrogens is 2. The SMILES string of the molecule is CCNC(=O)c1noc(C2(N)CCC(C)CC2)n1. The Hall–Kier alpha value is -1.43. The zero-order valence-electron chi connectivity index (χ0n) is 10.9. The van der Waals surface area contributed by atoms with Crippen LogP contribution in [0.3, 0.4) is 0 Å². The Morgan fingerprint density at radius 3 is 2.83 bits per heavy atom. The van der Waals surface area contributed by atoms with Gasteiger partial charge in [0.2, 0.25) is 5.89 Å². The lowest BCUT2D eigenvalue weighted by Crippen LogP contribution is -2.40. The molecule has 3 N–H and O–H groups in total. The van der Waals surface area contributed by atoms with Crippen LogP contribution in [0.25, 0.3) is 0 Å². The van der Waals surface area contributed by atoms with Crippen LogP contribution in [0.15, 0.2) is 4.52 Å².